The number of imidazole rings is 1. The predicted molar refractivity (Wildman–Crippen MR) is 129 cm³/mol. The Balaban J connectivity index is 1.69. The van der Waals surface area contributed by atoms with Crippen molar-refractivity contribution in [1.82, 2.24) is 23.8 Å². The van der Waals surface area contributed by atoms with E-state index in [2.05, 4.69) is 15.3 Å². The number of carboxylic acids is 1. The highest BCUT2D eigenvalue weighted by Gasteiger charge is 2.34. The number of nitrogens with zero attached hydrogens (tertiary/aromatic N) is 5. The second kappa shape index (κ2) is 9.55. The Morgan fingerprint density at radius 3 is 2.88 bits per heavy atom. The fourth-order valence-electron chi connectivity index (χ4n) is 3.37. The topological polar surface area (TPSA) is 122 Å². The molecule has 0 radical (unpaired) electrons. The summed E-state index contributed by atoms with van der Waals surface area (Å²) in [6, 6.07) is 3.61. The van der Waals surface area contributed by atoms with Crippen molar-refractivity contribution in [3.63, 3.8) is 0 Å². The van der Waals surface area contributed by atoms with Crippen LogP contribution in [0.2, 0.25) is 0 Å². The molecule has 4 heterocycles. The quantitative estimate of drug-likeness (QED) is 0.281. The molecular formula is C21H20N6O4S2. The number of carboxylic acid groups (broad SMARTS) is 1. The zero-order valence-corrected chi connectivity index (χ0v) is 19.2. The number of thiocarbonyl (C=S) groups is 1. The molecule has 1 fully saturated rings. The molecule has 3 aromatic rings. The van der Waals surface area contributed by atoms with Crippen LogP contribution in [0.15, 0.2) is 46.8 Å². The molecule has 3 aromatic heterocycles. The first-order chi connectivity index (χ1) is 15.8. The van der Waals surface area contributed by atoms with E-state index >= 15 is 0 Å². The summed E-state index contributed by atoms with van der Waals surface area (Å²) < 4.78 is 3.51. The Kier molecular flexibility index (Phi) is 6.56. The molecule has 1 amide bonds. The lowest BCUT2D eigenvalue weighted by Crippen LogP contribution is -2.33. The van der Waals surface area contributed by atoms with Gasteiger partial charge in [-0.25, -0.2) is 9.97 Å². The van der Waals surface area contributed by atoms with E-state index in [1.54, 1.807) is 24.8 Å². The predicted octanol–water partition coefficient (Wildman–Crippen LogP) is 1.99. The van der Waals surface area contributed by atoms with E-state index in [-0.39, 0.29) is 20.3 Å². The first-order valence-corrected chi connectivity index (χ1v) is 11.3. The van der Waals surface area contributed by atoms with Crippen LogP contribution in [0, 0.1) is 6.92 Å². The molecule has 1 aliphatic heterocycles. The van der Waals surface area contributed by atoms with Crippen LogP contribution in [0.5, 0.6) is 0 Å². The maximum atomic E-state index is 13.3. The van der Waals surface area contributed by atoms with Crippen molar-refractivity contribution >= 4 is 57.7 Å². The number of aryl methyl sites for hydroxylation is 2. The van der Waals surface area contributed by atoms with Gasteiger partial charge in [-0.3, -0.25) is 23.7 Å². The summed E-state index contributed by atoms with van der Waals surface area (Å²) in [5.74, 6) is -1.37. The van der Waals surface area contributed by atoms with Crippen molar-refractivity contribution in [2.75, 3.05) is 18.4 Å². The van der Waals surface area contributed by atoms with Crippen LogP contribution in [0.25, 0.3) is 11.7 Å². The molecule has 0 unspecified atom stereocenters. The number of carbonyl (C=O) groups excluding carboxylic acids is 1. The third kappa shape index (κ3) is 4.81. The van der Waals surface area contributed by atoms with Gasteiger partial charge in [0.05, 0.1) is 16.8 Å². The van der Waals surface area contributed by atoms with Crippen LogP contribution in [0.3, 0.4) is 0 Å². The first kappa shape index (κ1) is 22.7. The molecule has 12 heteroatoms. The molecule has 0 spiro atoms. The number of nitrogens with one attached hydrogen (secondary N) is 1. The summed E-state index contributed by atoms with van der Waals surface area (Å²) >= 11 is 6.12. The van der Waals surface area contributed by atoms with E-state index < -0.39 is 18.4 Å². The number of hydrogen-bond acceptors (Lipinski definition) is 8. The van der Waals surface area contributed by atoms with Crippen LogP contribution < -0.4 is 10.9 Å². The minimum atomic E-state index is -1.17. The van der Waals surface area contributed by atoms with Crippen molar-refractivity contribution in [2.24, 2.45) is 0 Å². The van der Waals surface area contributed by atoms with Gasteiger partial charge in [0.2, 0.25) is 0 Å². The minimum Gasteiger partial charge on any atom is -0.480 e. The molecule has 0 aromatic carbocycles. The molecular weight excluding hydrogens is 464 g/mol. The van der Waals surface area contributed by atoms with Gasteiger partial charge in [-0.2, -0.15) is 0 Å². The summed E-state index contributed by atoms with van der Waals surface area (Å²) in [5.41, 5.74) is 1.20. The normalized spacial score (nSPS) is 15.1. The minimum absolute atomic E-state index is 0.133. The van der Waals surface area contributed by atoms with Gasteiger partial charge in [0.25, 0.3) is 11.5 Å². The van der Waals surface area contributed by atoms with Gasteiger partial charge in [-0.05, 0) is 31.1 Å². The summed E-state index contributed by atoms with van der Waals surface area (Å²) in [5, 5.41) is 12.3. The van der Waals surface area contributed by atoms with E-state index in [1.165, 1.54) is 10.5 Å². The number of anilines is 1. The highest BCUT2D eigenvalue weighted by molar-refractivity contribution is 8.26. The van der Waals surface area contributed by atoms with Gasteiger partial charge < -0.3 is 15.0 Å². The van der Waals surface area contributed by atoms with Crippen LogP contribution in [-0.2, 0) is 16.1 Å². The highest BCUT2D eigenvalue weighted by atomic mass is 32.2. The summed E-state index contributed by atoms with van der Waals surface area (Å²) in [6.07, 6.45) is 9.12. The Labute approximate surface area is 197 Å². The van der Waals surface area contributed by atoms with E-state index in [0.29, 0.717) is 18.0 Å². The molecule has 0 aliphatic carbocycles. The Hall–Kier alpha value is -3.51. The number of rotatable bonds is 8. The fourth-order valence-corrected chi connectivity index (χ4v) is 4.60. The van der Waals surface area contributed by atoms with Crippen LogP contribution in [0.1, 0.15) is 17.5 Å². The molecule has 170 valence electrons. The monoisotopic (exact) mass is 484 g/mol. The van der Waals surface area contributed by atoms with E-state index in [4.69, 9.17) is 17.3 Å². The van der Waals surface area contributed by atoms with Gasteiger partial charge >= 0.3 is 5.97 Å². The number of thioether (sulfide) groups is 1. The second-order valence-corrected chi connectivity index (χ2v) is 8.98. The zero-order chi connectivity index (χ0) is 23.5. The smallest absolute Gasteiger partial charge is 0.323 e. The van der Waals surface area contributed by atoms with Crippen molar-refractivity contribution < 1.29 is 14.7 Å². The third-order valence-corrected chi connectivity index (χ3v) is 6.35. The maximum absolute atomic E-state index is 13.3. The Morgan fingerprint density at radius 1 is 1.33 bits per heavy atom. The standard InChI is InChI=1S/C21H20N6O4S2/c1-13-4-2-8-26-18(13)24-17(23-5-3-7-25-9-6-22-12-25)14(19(26)30)10-15-20(31)27(11-16(28)29)21(32)33-15/h2,4,6,8-10,12,23H,3,5,7,11H2,1H3,(H,28,29)/b15-10-. The molecule has 0 saturated carbocycles. The van der Waals surface area contributed by atoms with E-state index in [9.17, 15) is 14.4 Å². The second-order valence-electron chi connectivity index (χ2n) is 7.31. The Morgan fingerprint density at radius 2 is 2.15 bits per heavy atom. The van der Waals surface area contributed by atoms with Crippen molar-refractivity contribution in [3.05, 3.63) is 63.4 Å². The summed E-state index contributed by atoms with van der Waals surface area (Å²) in [6.45, 7) is 2.60. The van der Waals surface area contributed by atoms with E-state index in [1.807, 2.05) is 23.8 Å². The number of hydrogen-bond donors (Lipinski definition) is 2. The number of aliphatic carboxylic acids is 1. The average molecular weight is 485 g/mol. The van der Waals surface area contributed by atoms with Crippen LogP contribution >= 0.6 is 24.0 Å². The SMILES string of the molecule is Cc1cccn2c(=O)c(/C=C3\SC(=S)N(CC(=O)O)C3=O)c(NCCCn3ccnc3)nc12. The lowest BCUT2D eigenvalue weighted by Gasteiger charge is -2.12. The lowest BCUT2D eigenvalue weighted by molar-refractivity contribution is -0.140. The number of carbonyl (C=O) groups is 2. The zero-order valence-electron chi connectivity index (χ0n) is 17.6. The number of aromatic nitrogens is 4. The van der Waals surface area contributed by atoms with Gasteiger partial charge in [-0.15, -0.1) is 0 Å². The number of amides is 1. The molecule has 1 saturated heterocycles. The molecule has 10 nitrogen and oxygen atoms in total. The van der Waals surface area contributed by atoms with Gasteiger partial charge in [0, 0.05) is 31.7 Å². The van der Waals surface area contributed by atoms with Gasteiger partial charge in [0.15, 0.2) is 0 Å². The molecule has 4 rings (SSSR count). The lowest BCUT2D eigenvalue weighted by atomic mass is 10.2. The van der Waals surface area contributed by atoms with Crippen molar-refractivity contribution in [3.8, 4) is 0 Å². The maximum Gasteiger partial charge on any atom is 0.323 e. The molecule has 33 heavy (non-hydrogen) atoms. The number of fused-ring (bicyclic) bond motifs is 1. The average Bonchev–Trinajstić information content (AvgIpc) is 3.38. The van der Waals surface area contributed by atoms with Gasteiger partial charge in [-0.1, -0.05) is 30.0 Å². The third-order valence-electron chi connectivity index (χ3n) is 4.97. The molecule has 1 aliphatic rings. The first-order valence-electron chi connectivity index (χ1n) is 10.0. The van der Waals surface area contributed by atoms with Crippen molar-refractivity contribution in [2.45, 2.75) is 19.9 Å². The largest absolute Gasteiger partial charge is 0.480 e. The highest BCUT2D eigenvalue weighted by Crippen LogP contribution is 2.32. The number of pyridine rings is 1. The van der Waals surface area contributed by atoms with E-state index in [0.717, 1.165) is 35.2 Å². The fraction of sp³-hybridized carbons (Fsp3) is 0.238. The van der Waals surface area contributed by atoms with Crippen LogP contribution in [-0.4, -0.2) is 58.2 Å². The summed E-state index contributed by atoms with van der Waals surface area (Å²) in [7, 11) is 0. The summed E-state index contributed by atoms with van der Waals surface area (Å²) in [4.78, 5) is 46.9. The molecule has 0 atom stereocenters. The Bertz CT molecular complexity index is 1330. The molecule has 0 bridgehead atoms. The van der Waals surface area contributed by atoms with Gasteiger partial charge in [0.1, 0.15) is 22.3 Å². The molecule has 2 N–H and O–H groups in total. The van der Waals surface area contributed by atoms with Crippen LogP contribution in [0.4, 0.5) is 5.82 Å². The van der Waals surface area contributed by atoms with Crippen molar-refractivity contribution in [1.29, 1.82) is 0 Å².